The Morgan fingerprint density at radius 3 is 2.59 bits per heavy atom. The van der Waals surface area contributed by atoms with Crippen LogP contribution in [0.1, 0.15) is 44.5 Å². The lowest BCUT2D eigenvalue weighted by Crippen LogP contribution is -2.26. The summed E-state index contributed by atoms with van der Waals surface area (Å²) in [4.78, 5) is 12.6. The molecule has 0 saturated heterocycles. The van der Waals surface area contributed by atoms with Crippen LogP contribution in [-0.4, -0.2) is 34.4 Å². The molecule has 1 heterocycles. The number of nitrogens with zero attached hydrogens (tertiary/aromatic N) is 3. The van der Waals surface area contributed by atoms with Crippen molar-refractivity contribution in [3.8, 4) is 0 Å². The van der Waals surface area contributed by atoms with Gasteiger partial charge in [-0.3, -0.25) is 4.79 Å². The SMILES string of the molecule is CCCN(CCC(=O)O)c1nnc(C(C)C)s1. The van der Waals surface area contributed by atoms with Gasteiger partial charge in [0, 0.05) is 19.0 Å². The molecule has 0 radical (unpaired) electrons. The van der Waals surface area contributed by atoms with Gasteiger partial charge in [-0.1, -0.05) is 32.1 Å². The van der Waals surface area contributed by atoms with Crippen LogP contribution in [-0.2, 0) is 4.79 Å². The molecule has 0 amide bonds. The molecule has 0 aliphatic carbocycles. The molecule has 5 nitrogen and oxygen atoms in total. The molecule has 0 spiro atoms. The fourth-order valence-electron chi connectivity index (χ4n) is 1.39. The molecule has 0 unspecified atom stereocenters. The average Bonchev–Trinajstić information content (AvgIpc) is 2.73. The highest BCUT2D eigenvalue weighted by Gasteiger charge is 2.14. The molecule has 1 rings (SSSR count). The quantitative estimate of drug-likeness (QED) is 0.812. The maximum atomic E-state index is 10.6. The highest BCUT2D eigenvalue weighted by atomic mass is 32.1. The summed E-state index contributed by atoms with van der Waals surface area (Å²) < 4.78 is 0. The van der Waals surface area contributed by atoms with Crippen LogP contribution < -0.4 is 4.90 Å². The molecule has 1 N–H and O–H groups in total. The van der Waals surface area contributed by atoms with Crippen molar-refractivity contribution in [2.24, 2.45) is 0 Å². The van der Waals surface area contributed by atoms with Gasteiger partial charge in [-0.15, -0.1) is 10.2 Å². The largest absolute Gasteiger partial charge is 0.481 e. The molecule has 17 heavy (non-hydrogen) atoms. The second kappa shape index (κ2) is 6.54. The van der Waals surface area contributed by atoms with E-state index in [0.29, 0.717) is 12.5 Å². The van der Waals surface area contributed by atoms with Crippen LogP contribution in [0.15, 0.2) is 0 Å². The van der Waals surface area contributed by atoms with E-state index in [1.165, 1.54) is 0 Å². The summed E-state index contributed by atoms with van der Waals surface area (Å²) in [5.74, 6) is -0.413. The van der Waals surface area contributed by atoms with Crippen LogP contribution in [0.3, 0.4) is 0 Å². The van der Waals surface area contributed by atoms with Crippen LogP contribution in [0.25, 0.3) is 0 Å². The van der Waals surface area contributed by atoms with Gasteiger partial charge in [0.2, 0.25) is 5.13 Å². The lowest BCUT2D eigenvalue weighted by molar-refractivity contribution is -0.136. The van der Waals surface area contributed by atoms with Gasteiger partial charge in [0.25, 0.3) is 0 Å². The second-order valence-electron chi connectivity index (χ2n) is 4.21. The van der Waals surface area contributed by atoms with Gasteiger partial charge in [0.05, 0.1) is 6.42 Å². The van der Waals surface area contributed by atoms with Gasteiger partial charge in [0.1, 0.15) is 5.01 Å². The number of carboxylic acid groups (broad SMARTS) is 1. The molecule has 0 aliphatic heterocycles. The first-order valence-corrected chi connectivity index (χ1v) is 6.66. The molecule has 1 aromatic heterocycles. The molecular formula is C11H19N3O2S. The molecule has 6 heteroatoms. The number of carbonyl (C=O) groups is 1. The molecular weight excluding hydrogens is 238 g/mol. The minimum atomic E-state index is -0.778. The van der Waals surface area contributed by atoms with Gasteiger partial charge < -0.3 is 10.0 Å². The number of carboxylic acids is 1. The Morgan fingerprint density at radius 1 is 1.41 bits per heavy atom. The summed E-state index contributed by atoms with van der Waals surface area (Å²) in [5.41, 5.74) is 0. The molecule has 0 bridgehead atoms. The topological polar surface area (TPSA) is 66.3 Å². The van der Waals surface area contributed by atoms with Gasteiger partial charge in [-0.25, -0.2) is 0 Å². The average molecular weight is 257 g/mol. The number of hydrogen-bond acceptors (Lipinski definition) is 5. The fourth-order valence-corrected chi connectivity index (χ4v) is 2.29. The number of rotatable bonds is 7. The highest BCUT2D eigenvalue weighted by Crippen LogP contribution is 2.25. The van der Waals surface area contributed by atoms with Crippen molar-refractivity contribution in [3.63, 3.8) is 0 Å². The summed E-state index contributed by atoms with van der Waals surface area (Å²) >= 11 is 1.55. The van der Waals surface area contributed by atoms with Gasteiger partial charge >= 0.3 is 5.97 Å². The monoisotopic (exact) mass is 257 g/mol. The van der Waals surface area contributed by atoms with Crippen LogP contribution >= 0.6 is 11.3 Å². The van der Waals surface area contributed by atoms with Crippen molar-refractivity contribution >= 4 is 22.4 Å². The third kappa shape index (κ3) is 4.30. The Hall–Kier alpha value is -1.17. The first-order valence-electron chi connectivity index (χ1n) is 5.84. The number of aromatic nitrogens is 2. The summed E-state index contributed by atoms with van der Waals surface area (Å²) in [6, 6.07) is 0. The molecule has 96 valence electrons. The zero-order valence-electron chi connectivity index (χ0n) is 10.5. The molecule has 0 fully saturated rings. The normalized spacial score (nSPS) is 10.8. The van der Waals surface area contributed by atoms with E-state index in [2.05, 4.69) is 31.0 Å². The molecule has 1 aromatic rings. The van der Waals surface area contributed by atoms with Crippen molar-refractivity contribution in [2.75, 3.05) is 18.0 Å². The predicted molar refractivity (Wildman–Crippen MR) is 68.8 cm³/mol. The molecule has 0 aliphatic rings. The zero-order valence-corrected chi connectivity index (χ0v) is 11.3. The standard InChI is InChI=1S/C11H19N3O2S/c1-4-6-14(7-5-9(15)16)11-13-12-10(17-11)8(2)3/h8H,4-7H2,1-3H3,(H,15,16). The Labute approximate surface area is 105 Å². The predicted octanol–water partition coefficient (Wildman–Crippen LogP) is 2.35. The van der Waals surface area contributed by atoms with Crippen LogP contribution in [0, 0.1) is 0 Å². The lowest BCUT2D eigenvalue weighted by atomic mass is 10.2. The smallest absolute Gasteiger partial charge is 0.305 e. The summed E-state index contributed by atoms with van der Waals surface area (Å²) in [6.45, 7) is 7.53. The maximum Gasteiger partial charge on any atom is 0.305 e. The number of aliphatic carboxylic acids is 1. The van der Waals surface area contributed by atoms with E-state index in [4.69, 9.17) is 5.11 Å². The first-order chi connectivity index (χ1) is 8.04. The Balaban J connectivity index is 2.70. The molecule has 0 atom stereocenters. The van der Waals surface area contributed by atoms with Crippen molar-refractivity contribution < 1.29 is 9.90 Å². The summed E-state index contributed by atoms with van der Waals surface area (Å²) in [5, 5.41) is 18.8. The van der Waals surface area contributed by atoms with E-state index in [1.54, 1.807) is 11.3 Å². The molecule has 0 aromatic carbocycles. The fraction of sp³-hybridized carbons (Fsp3) is 0.727. The highest BCUT2D eigenvalue weighted by molar-refractivity contribution is 7.15. The number of hydrogen-bond donors (Lipinski definition) is 1. The zero-order chi connectivity index (χ0) is 12.8. The summed E-state index contributed by atoms with van der Waals surface area (Å²) in [6.07, 6.45) is 1.10. The van der Waals surface area contributed by atoms with Crippen LogP contribution in [0.2, 0.25) is 0 Å². The van der Waals surface area contributed by atoms with Gasteiger partial charge in [-0.2, -0.15) is 0 Å². The first kappa shape index (κ1) is 13.9. The van der Waals surface area contributed by atoms with Crippen molar-refractivity contribution in [1.82, 2.24) is 10.2 Å². The van der Waals surface area contributed by atoms with Crippen LogP contribution in [0.5, 0.6) is 0 Å². The Morgan fingerprint density at radius 2 is 2.12 bits per heavy atom. The van der Waals surface area contributed by atoms with Crippen LogP contribution in [0.4, 0.5) is 5.13 Å². The minimum Gasteiger partial charge on any atom is -0.481 e. The Bertz CT molecular complexity index is 365. The van der Waals surface area contributed by atoms with E-state index < -0.39 is 5.97 Å². The third-order valence-corrected chi connectivity index (χ3v) is 3.57. The van der Waals surface area contributed by atoms with E-state index in [9.17, 15) is 4.79 Å². The summed E-state index contributed by atoms with van der Waals surface area (Å²) in [7, 11) is 0. The van der Waals surface area contributed by atoms with Gasteiger partial charge in [-0.05, 0) is 6.42 Å². The van der Waals surface area contributed by atoms with Crippen molar-refractivity contribution in [3.05, 3.63) is 5.01 Å². The van der Waals surface area contributed by atoms with Crippen molar-refractivity contribution in [2.45, 2.75) is 39.5 Å². The lowest BCUT2D eigenvalue weighted by Gasteiger charge is -2.19. The number of anilines is 1. The van der Waals surface area contributed by atoms with E-state index >= 15 is 0 Å². The van der Waals surface area contributed by atoms with Crippen molar-refractivity contribution in [1.29, 1.82) is 0 Å². The van der Waals surface area contributed by atoms with E-state index in [1.807, 2.05) is 4.90 Å². The van der Waals surface area contributed by atoms with Gasteiger partial charge in [0.15, 0.2) is 0 Å². The minimum absolute atomic E-state index is 0.136. The maximum absolute atomic E-state index is 10.6. The van der Waals surface area contributed by atoms with E-state index in [-0.39, 0.29) is 6.42 Å². The Kier molecular flexibility index (Phi) is 5.34. The van der Waals surface area contributed by atoms with E-state index in [0.717, 1.165) is 23.1 Å². The third-order valence-electron chi connectivity index (χ3n) is 2.28. The molecule has 0 saturated carbocycles. The second-order valence-corrected chi connectivity index (χ2v) is 5.20.